The van der Waals surface area contributed by atoms with Crippen molar-refractivity contribution in [3.05, 3.63) is 30.1 Å². The van der Waals surface area contributed by atoms with Gasteiger partial charge in [0.1, 0.15) is 11.6 Å². The van der Waals surface area contributed by atoms with Crippen LogP contribution in [0.1, 0.15) is 33.1 Å². The van der Waals surface area contributed by atoms with Gasteiger partial charge in [-0.25, -0.2) is 4.39 Å². The van der Waals surface area contributed by atoms with Crippen LogP contribution >= 0.6 is 11.8 Å². The molecule has 0 amide bonds. The van der Waals surface area contributed by atoms with Crippen molar-refractivity contribution in [2.24, 2.45) is 5.92 Å². The van der Waals surface area contributed by atoms with Crippen molar-refractivity contribution in [3.8, 4) is 0 Å². The van der Waals surface area contributed by atoms with Gasteiger partial charge in [0, 0.05) is 11.3 Å². The molecule has 1 aromatic rings. The zero-order valence-corrected chi connectivity index (χ0v) is 11.2. The SMILES string of the molecule is CCC(CCSc1ccc(F)cc1)CC(C)=O. The first-order chi connectivity index (χ1) is 8.11. The maximum atomic E-state index is 12.7. The molecule has 1 atom stereocenters. The van der Waals surface area contributed by atoms with Crippen molar-refractivity contribution < 1.29 is 9.18 Å². The molecule has 0 aliphatic heterocycles. The summed E-state index contributed by atoms with van der Waals surface area (Å²) < 4.78 is 12.7. The molecule has 0 spiro atoms. The van der Waals surface area contributed by atoms with Crippen molar-refractivity contribution in [2.75, 3.05) is 5.75 Å². The Bertz CT molecular complexity index is 348. The van der Waals surface area contributed by atoms with Crippen molar-refractivity contribution in [3.63, 3.8) is 0 Å². The van der Waals surface area contributed by atoms with Gasteiger partial charge in [0.05, 0.1) is 0 Å². The van der Waals surface area contributed by atoms with Crippen LogP contribution in [0.3, 0.4) is 0 Å². The van der Waals surface area contributed by atoms with Crippen LogP contribution < -0.4 is 0 Å². The van der Waals surface area contributed by atoms with Gasteiger partial charge in [0.2, 0.25) is 0 Å². The van der Waals surface area contributed by atoms with Gasteiger partial charge in [-0.05, 0) is 49.3 Å². The van der Waals surface area contributed by atoms with Gasteiger partial charge < -0.3 is 4.79 Å². The van der Waals surface area contributed by atoms with E-state index < -0.39 is 0 Å². The highest BCUT2D eigenvalue weighted by atomic mass is 32.2. The Kier molecular flexibility index (Phi) is 6.27. The van der Waals surface area contributed by atoms with Gasteiger partial charge >= 0.3 is 0 Å². The third kappa shape index (κ3) is 5.87. The van der Waals surface area contributed by atoms with Crippen molar-refractivity contribution in [1.82, 2.24) is 0 Å². The molecule has 1 unspecified atom stereocenters. The van der Waals surface area contributed by atoms with Crippen molar-refractivity contribution in [1.29, 1.82) is 0 Å². The molecule has 94 valence electrons. The summed E-state index contributed by atoms with van der Waals surface area (Å²) in [5.74, 6) is 1.54. The summed E-state index contributed by atoms with van der Waals surface area (Å²) in [6.45, 7) is 3.77. The first-order valence-corrected chi connectivity index (χ1v) is 6.98. The van der Waals surface area contributed by atoms with Gasteiger partial charge in [0.15, 0.2) is 0 Å². The Morgan fingerprint density at radius 1 is 1.35 bits per heavy atom. The van der Waals surface area contributed by atoms with Crippen molar-refractivity contribution in [2.45, 2.75) is 38.0 Å². The minimum absolute atomic E-state index is 0.197. The first-order valence-electron chi connectivity index (χ1n) is 5.99. The molecule has 1 aromatic carbocycles. The van der Waals surface area contributed by atoms with E-state index in [1.807, 2.05) is 0 Å². The number of ketones is 1. The summed E-state index contributed by atoms with van der Waals surface area (Å²) in [6.07, 6.45) is 2.77. The molecule has 0 saturated heterocycles. The molecule has 17 heavy (non-hydrogen) atoms. The number of hydrogen-bond acceptors (Lipinski definition) is 2. The average molecular weight is 254 g/mol. The number of thioether (sulfide) groups is 1. The van der Waals surface area contributed by atoms with Crippen LogP contribution in [0.15, 0.2) is 29.2 Å². The lowest BCUT2D eigenvalue weighted by Crippen LogP contribution is -2.05. The second-order valence-electron chi connectivity index (χ2n) is 4.27. The van der Waals surface area contributed by atoms with E-state index in [1.165, 1.54) is 12.1 Å². The maximum absolute atomic E-state index is 12.7. The second-order valence-corrected chi connectivity index (χ2v) is 5.44. The van der Waals surface area contributed by atoms with E-state index >= 15 is 0 Å². The zero-order valence-electron chi connectivity index (χ0n) is 10.4. The van der Waals surface area contributed by atoms with E-state index in [9.17, 15) is 9.18 Å². The summed E-state index contributed by atoms with van der Waals surface area (Å²) >= 11 is 1.72. The largest absolute Gasteiger partial charge is 0.300 e. The average Bonchev–Trinajstić information content (AvgIpc) is 2.30. The third-order valence-corrected chi connectivity index (χ3v) is 3.81. The summed E-state index contributed by atoms with van der Waals surface area (Å²) in [6, 6.07) is 6.56. The third-order valence-electron chi connectivity index (χ3n) is 2.76. The highest BCUT2D eigenvalue weighted by Crippen LogP contribution is 2.23. The standard InChI is InChI=1S/C14H19FOS/c1-3-12(10-11(2)16)8-9-17-14-6-4-13(15)5-7-14/h4-7,12H,3,8-10H2,1-2H3. The molecule has 0 heterocycles. The molecule has 0 N–H and O–H groups in total. The number of carbonyl (C=O) groups excluding carboxylic acids is 1. The van der Waals surface area contributed by atoms with E-state index in [0.29, 0.717) is 12.3 Å². The van der Waals surface area contributed by atoms with Crippen LogP contribution in [0.4, 0.5) is 4.39 Å². The number of halogens is 1. The van der Waals surface area contributed by atoms with Crippen LogP contribution in [0.25, 0.3) is 0 Å². The predicted molar refractivity (Wildman–Crippen MR) is 70.8 cm³/mol. The smallest absolute Gasteiger partial charge is 0.130 e. The van der Waals surface area contributed by atoms with Crippen LogP contribution in [-0.4, -0.2) is 11.5 Å². The van der Waals surface area contributed by atoms with Crippen LogP contribution in [-0.2, 0) is 4.79 Å². The molecule has 0 aliphatic rings. The molecule has 0 bridgehead atoms. The molecule has 0 aliphatic carbocycles. The fourth-order valence-corrected chi connectivity index (χ4v) is 2.75. The molecule has 1 nitrogen and oxygen atoms in total. The van der Waals surface area contributed by atoms with E-state index in [-0.39, 0.29) is 11.6 Å². The summed E-state index contributed by atoms with van der Waals surface area (Å²) in [7, 11) is 0. The second kappa shape index (κ2) is 7.49. The zero-order chi connectivity index (χ0) is 12.7. The Morgan fingerprint density at radius 2 is 2.00 bits per heavy atom. The number of hydrogen-bond donors (Lipinski definition) is 0. The molecule has 1 rings (SSSR count). The molecule has 0 aromatic heterocycles. The predicted octanol–water partition coefficient (Wildman–Crippen LogP) is 4.31. The van der Waals surface area contributed by atoms with Crippen LogP contribution in [0.2, 0.25) is 0 Å². The minimum atomic E-state index is -0.197. The van der Waals surface area contributed by atoms with E-state index in [4.69, 9.17) is 0 Å². The molecule has 0 radical (unpaired) electrons. The fourth-order valence-electron chi connectivity index (χ4n) is 1.73. The summed E-state index contributed by atoms with van der Waals surface area (Å²) in [5.41, 5.74) is 0. The topological polar surface area (TPSA) is 17.1 Å². The van der Waals surface area contributed by atoms with Crippen LogP contribution in [0, 0.1) is 11.7 Å². The number of Topliss-reactive ketones (excluding diaryl/α,β-unsaturated/α-hetero) is 1. The molecule has 0 saturated carbocycles. The molecular formula is C14H19FOS. The quantitative estimate of drug-likeness (QED) is 0.674. The first kappa shape index (κ1) is 14.2. The fraction of sp³-hybridized carbons (Fsp3) is 0.500. The van der Waals surface area contributed by atoms with Gasteiger partial charge in [-0.3, -0.25) is 0 Å². The highest BCUT2D eigenvalue weighted by Gasteiger charge is 2.09. The monoisotopic (exact) mass is 254 g/mol. The Balaban J connectivity index is 2.30. The summed E-state index contributed by atoms with van der Waals surface area (Å²) in [4.78, 5) is 12.1. The molecule has 0 fully saturated rings. The minimum Gasteiger partial charge on any atom is -0.300 e. The van der Waals surface area contributed by atoms with E-state index in [2.05, 4.69) is 6.92 Å². The lowest BCUT2D eigenvalue weighted by molar-refractivity contribution is -0.117. The van der Waals surface area contributed by atoms with E-state index in [0.717, 1.165) is 23.5 Å². The normalized spacial score (nSPS) is 12.4. The Labute approximate surface area is 107 Å². The molecular weight excluding hydrogens is 235 g/mol. The Hall–Kier alpha value is -0.830. The van der Waals surface area contributed by atoms with E-state index in [1.54, 1.807) is 30.8 Å². The Morgan fingerprint density at radius 3 is 2.53 bits per heavy atom. The van der Waals surface area contributed by atoms with Gasteiger partial charge in [-0.2, -0.15) is 0 Å². The number of carbonyl (C=O) groups is 1. The van der Waals surface area contributed by atoms with Gasteiger partial charge in [0.25, 0.3) is 0 Å². The van der Waals surface area contributed by atoms with Gasteiger partial charge in [-0.1, -0.05) is 13.3 Å². The lowest BCUT2D eigenvalue weighted by Gasteiger charge is -2.12. The highest BCUT2D eigenvalue weighted by molar-refractivity contribution is 7.99. The summed E-state index contributed by atoms with van der Waals surface area (Å²) in [5, 5.41) is 0. The van der Waals surface area contributed by atoms with Crippen LogP contribution in [0.5, 0.6) is 0 Å². The number of benzene rings is 1. The lowest BCUT2D eigenvalue weighted by atomic mass is 9.97. The van der Waals surface area contributed by atoms with Gasteiger partial charge in [-0.15, -0.1) is 11.8 Å². The molecule has 3 heteroatoms. The number of rotatable bonds is 7. The van der Waals surface area contributed by atoms with Crippen molar-refractivity contribution >= 4 is 17.5 Å². The maximum Gasteiger partial charge on any atom is 0.130 e.